The summed E-state index contributed by atoms with van der Waals surface area (Å²) in [4.78, 5) is 0. The van der Waals surface area contributed by atoms with Gasteiger partial charge in [0.15, 0.2) is 0 Å². The smallest absolute Gasteiger partial charge is 0.124 e. The van der Waals surface area contributed by atoms with Crippen LogP contribution in [-0.4, -0.2) is 22.1 Å². The Morgan fingerprint density at radius 2 is 1.70 bits per heavy atom. The first kappa shape index (κ1) is 14.8. The van der Waals surface area contributed by atoms with E-state index in [1.165, 1.54) is 23.6 Å². The third-order valence-electron chi connectivity index (χ3n) is 3.56. The molecule has 3 aromatic rings. The summed E-state index contributed by atoms with van der Waals surface area (Å²) in [6.07, 6.45) is 1.66. The van der Waals surface area contributed by atoms with Crippen LogP contribution in [0.2, 0.25) is 0 Å². The van der Waals surface area contributed by atoms with Gasteiger partial charge in [0.05, 0.1) is 11.9 Å². The maximum atomic E-state index is 9.80. The van der Waals surface area contributed by atoms with Crippen LogP contribution >= 0.6 is 0 Å². The van der Waals surface area contributed by atoms with Gasteiger partial charge in [-0.1, -0.05) is 36.4 Å². The van der Waals surface area contributed by atoms with Crippen molar-refractivity contribution in [2.24, 2.45) is 10.2 Å². The second kappa shape index (κ2) is 6.32. The number of phenols is 2. The van der Waals surface area contributed by atoms with Crippen molar-refractivity contribution < 1.29 is 10.2 Å². The van der Waals surface area contributed by atoms with Gasteiger partial charge in [-0.15, -0.1) is 0 Å². The summed E-state index contributed by atoms with van der Waals surface area (Å²) in [5.41, 5.74) is 1.93. The van der Waals surface area contributed by atoms with Crippen molar-refractivity contribution in [3.05, 3.63) is 71.8 Å². The Bertz CT molecular complexity index is 914. The van der Waals surface area contributed by atoms with Crippen LogP contribution in [0.3, 0.4) is 0 Å². The molecule has 0 bridgehead atoms. The lowest BCUT2D eigenvalue weighted by molar-refractivity contribution is 0.459. The number of benzene rings is 3. The topological polar surface area (TPSA) is 65.2 Å². The van der Waals surface area contributed by atoms with Crippen LogP contribution in [0.15, 0.2) is 70.9 Å². The van der Waals surface area contributed by atoms with Gasteiger partial charge in [0, 0.05) is 5.56 Å². The van der Waals surface area contributed by atoms with Crippen molar-refractivity contribution in [2.75, 3.05) is 0 Å². The minimum Gasteiger partial charge on any atom is -0.508 e. The Labute approximate surface area is 134 Å². The highest BCUT2D eigenvalue weighted by molar-refractivity contribution is 6.01. The van der Waals surface area contributed by atoms with E-state index in [0.717, 1.165) is 10.9 Å². The predicted molar refractivity (Wildman–Crippen MR) is 93.5 cm³/mol. The van der Waals surface area contributed by atoms with Gasteiger partial charge in [0.2, 0.25) is 0 Å². The van der Waals surface area contributed by atoms with E-state index >= 15 is 0 Å². The van der Waals surface area contributed by atoms with Crippen molar-refractivity contribution in [3.8, 4) is 11.5 Å². The molecule has 0 fully saturated rings. The summed E-state index contributed by atoms with van der Waals surface area (Å²) >= 11 is 0. The lowest BCUT2D eigenvalue weighted by Crippen LogP contribution is -1.94. The molecule has 0 atom stereocenters. The largest absolute Gasteiger partial charge is 0.508 e. The molecule has 0 spiro atoms. The van der Waals surface area contributed by atoms with Gasteiger partial charge in [-0.2, -0.15) is 10.2 Å². The molecule has 0 saturated heterocycles. The molecule has 3 aromatic carbocycles. The van der Waals surface area contributed by atoms with Crippen molar-refractivity contribution in [2.45, 2.75) is 6.92 Å². The summed E-state index contributed by atoms with van der Waals surface area (Å²) < 4.78 is 0. The number of rotatable bonds is 3. The maximum Gasteiger partial charge on any atom is 0.124 e. The Kier molecular flexibility index (Phi) is 4.06. The van der Waals surface area contributed by atoms with Crippen molar-refractivity contribution >= 4 is 22.7 Å². The number of phenolic OH excluding ortho intramolecular Hbond substituents is 2. The number of fused-ring (bicyclic) bond motifs is 1. The molecule has 0 aromatic heterocycles. The molecule has 0 heterocycles. The van der Waals surface area contributed by atoms with E-state index in [-0.39, 0.29) is 11.5 Å². The van der Waals surface area contributed by atoms with Crippen molar-refractivity contribution in [1.82, 2.24) is 0 Å². The molecule has 4 nitrogen and oxygen atoms in total. The molecule has 0 aliphatic heterocycles. The van der Waals surface area contributed by atoms with Gasteiger partial charge in [-0.3, -0.25) is 0 Å². The van der Waals surface area contributed by atoms with Crippen LogP contribution in [0.25, 0.3) is 10.8 Å². The molecule has 2 N–H and O–H groups in total. The van der Waals surface area contributed by atoms with Crippen molar-refractivity contribution in [1.29, 1.82) is 0 Å². The van der Waals surface area contributed by atoms with Gasteiger partial charge in [0.1, 0.15) is 11.5 Å². The van der Waals surface area contributed by atoms with Gasteiger partial charge < -0.3 is 10.2 Å². The molecule has 0 saturated carbocycles. The Morgan fingerprint density at radius 3 is 2.52 bits per heavy atom. The fourth-order valence-corrected chi connectivity index (χ4v) is 2.34. The summed E-state index contributed by atoms with van der Waals surface area (Å²) in [6, 6.07) is 18.5. The fraction of sp³-hybridized carbons (Fsp3) is 0.0526. The van der Waals surface area contributed by atoms with Crippen LogP contribution in [0, 0.1) is 0 Å². The fourth-order valence-electron chi connectivity index (χ4n) is 2.34. The number of nitrogens with zero attached hydrogens (tertiary/aromatic N) is 2. The van der Waals surface area contributed by atoms with Gasteiger partial charge in [-0.05, 0) is 47.5 Å². The number of hydrogen-bond acceptors (Lipinski definition) is 4. The summed E-state index contributed by atoms with van der Waals surface area (Å²) in [7, 11) is 0. The molecule has 114 valence electrons. The monoisotopic (exact) mass is 304 g/mol. The zero-order valence-corrected chi connectivity index (χ0v) is 12.6. The van der Waals surface area contributed by atoms with Crippen molar-refractivity contribution in [3.63, 3.8) is 0 Å². The van der Waals surface area contributed by atoms with E-state index in [1.54, 1.807) is 13.1 Å². The molecule has 3 rings (SSSR count). The zero-order valence-electron chi connectivity index (χ0n) is 12.6. The Hall–Kier alpha value is -3.14. The lowest BCUT2D eigenvalue weighted by Gasteiger charge is -2.03. The second-order valence-corrected chi connectivity index (χ2v) is 5.24. The summed E-state index contributed by atoms with van der Waals surface area (Å²) in [5.74, 6) is 0.135. The molecule has 0 amide bonds. The predicted octanol–water partition coefficient (Wildman–Crippen LogP) is 4.09. The highest BCUT2D eigenvalue weighted by Gasteiger charge is 2.05. The third-order valence-corrected chi connectivity index (χ3v) is 3.56. The highest BCUT2D eigenvalue weighted by Crippen LogP contribution is 2.22. The number of aromatic hydroxyl groups is 2. The standard InChI is InChI=1S/C19H16N2O2/c1-13(18-11-17(22)8-9-19(18)23)21-20-12-14-6-7-15-4-2-3-5-16(15)10-14/h2-12,22-23H,1H3/b20-12+,21-13+. The molecule has 0 aliphatic carbocycles. The quantitative estimate of drug-likeness (QED) is 0.435. The van der Waals surface area contributed by atoms with E-state index in [2.05, 4.69) is 16.3 Å². The van der Waals surface area contributed by atoms with E-state index in [9.17, 15) is 10.2 Å². The normalized spacial score (nSPS) is 12.1. The van der Waals surface area contributed by atoms with Crippen LogP contribution < -0.4 is 0 Å². The first-order chi connectivity index (χ1) is 11.1. The third kappa shape index (κ3) is 3.37. The minimum atomic E-state index is 0.0601. The van der Waals surface area contributed by atoms with E-state index < -0.39 is 0 Å². The zero-order chi connectivity index (χ0) is 16.2. The van der Waals surface area contributed by atoms with Crippen LogP contribution in [0.1, 0.15) is 18.1 Å². The van der Waals surface area contributed by atoms with E-state index in [4.69, 9.17) is 0 Å². The van der Waals surface area contributed by atoms with Gasteiger partial charge in [0.25, 0.3) is 0 Å². The first-order valence-electron chi connectivity index (χ1n) is 7.22. The average molecular weight is 304 g/mol. The Balaban J connectivity index is 1.85. The van der Waals surface area contributed by atoms with Gasteiger partial charge in [-0.25, -0.2) is 0 Å². The van der Waals surface area contributed by atoms with Crippen LogP contribution in [-0.2, 0) is 0 Å². The summed E-state index contributed by atoms with van der Waals surface area (Å²) in [6.45, 7) is 1.73. The van der Waals surface area contributed by atoms with Gasteiger partial charge >= 0.3 is 0 Å². The lowest BCUT2D eigenvalue weighted by atomic mass is 10.1. The first-order valence-corrected chi connectivity index (χ1v) is 7.22. The molecule has 0 radical (unpaired) electrons. The van der Waals surface area contributed by atoms with Crippen LogP contribution in [0.5, 0.6) is 11.5 Å². The molecule has 0 aliphatic rings. The molecule has 4 heteroatoms. The van der Waals surface area contributed by atoms with Crippen LogP contribution in [0.4, 0.5) is 0 Å². The molecule has 23 heavy (non-hydrogen) atoms. The Morgan fingerprint density at radius 1 is 0.913 bits per heavy atom. The average Bonchev–Trinajstić information content (AvgIpc) is 2.57. The molecule has 0 unspecified atom stereocenters. The maximum absolute atomic E-state index is 9.80. The summed E-state index contributed by atoms with van der Waals surface area (Å²) in [5, 5.41) is 29.8. The molecular formula is C19H16N2O2. The van der Waals surface area contributed by atoms with E-state index in [1.807, 2.05) is 36.4 Å². The second-order valence-electron chi connectivity index (χ2n) is 5.24. The highest BCUT2D eigenvalue weighted by atomic mass is 16.3. The minimum absolute atomic E-state index is 0.0601. The SMILES string of the molecule is C/C(=N\N=C\c1ccc2ccccc2c1)c1cc(O)ccc1O. The molecular weight excluding hydrogens is 288 g/mol. The number of hydrogen-bond donors (Lipinski definition) is 2. The van der Waals surface area contributed by atoms with E-state index in [0.29, 0.717) is 11.3 Å².